The minimum Gasteiger partial charge on any atom is -0.340 e. The molecule has 0 spiro atoms. The van der Waals surface area contributed by atoms with Crippen molar-refractivity contribution >= 4 is 62.3 Å². The van der Waals surface area contributed by atoms with Gasteiger partial charge in [0.15, 0.2) is 10.6 Å². The lowest BCUT2D eigenvalue weighted by Gasteiger charge is -2.26. The van der Waals surface area contributed by atoms with E-state index in [9.17, 15) is 4.39 Å². The number of fused-ring (bicyclic) bond motifs is 1. The van der Waals surface area contributed by atoms with Crippen molar-refractivity contribution in [1.29, 1.82) is 0 Å². The topological polar surface area (TPSA) is 53.9 Å². The number of aromatic nitrogens is 3. The largest absolute Gasteiger partial charge is 0.340 e. The summed E-state index contributed by atoms with van der Waals surface area (Å²) >= 11 is 14.4. The number of alkyl halides is 1. The van der Waals surface area contributed by atoms with Gasteiger partial charge in [-0.15, -0.1) is 0 Å². The van der Waals surface area contributed by atoms with Gasteiger partial charge in [0.25, 0.3) is 0 Å². The molecule has 36 heavy (non-hydrogen) atoms. The van der Waals surface area contributed by atoms with Crippen LogP contribution in [-0.4, -0.2) is 28.0 Å². The minimum atomic E-state index is -0.498. The van der Waals surface area contributed by atoms with Crippen molar-refractivity contribution in [2.45, 2.75) is 40.8 Å². The Labute approximate surface area is 225 Å². The molecule has 190 valence electrons. The molecular weight excluding hydrogens is 516 g/mol. The first kappa shape index (κ1) is 26.6. The van der Waals surface area contributed by atoms with Gasteiger partial charge in [0.1, 0.15) is 17.2 Å². The highest BCUT2D eigenvalue weighted by atomic mass is 35.5. The first-order valence-electron chi connectivity index (χ1n) is 12.0. The number of rotatable bonds is 10. The van der Waals surface area contributed by atoms with Crippen molar-refractivity contribution in [2.75, 3.05) is 23.3 Å². The second kappa shape index (κ2) is 11.7. The molecule has 2 heterocycles. The summed E-state index contributed by atoms with van der Waals surface area (Å²) in [4.78, 5) is 17.8. The molecule has 0 saturated carbocycles. The van der Waals surface area contributed by atoms with Crippen LogP contribution in [0, 0.1) is 11.8 Å². The van der Waals surface area contributed by atoms with E-state index < -0.39 is 6.67 Å². The van der Waals surface area contributed by atoms with Crippen LogP contribution in [0.15, 0.2) is 42.5 Å². The molecule has 0 amide bonds. The molecule has 0 radical (unpaired) electrons. The predicted molar refractivity (Wildman–Crippen MR) is 151 cm³/mol. The van der Waals surface area contributed by atoms with Crippen molar-refractivity contribution in [3.63, 3.8) is 0 Å². The van der Waals surface area contributed by atoms with Gasteiger partial charge >= 0.3 is 0 Å². The third-order valence-corrected chi connectivity index (χ3v) is 7.16. The molecular formula is C27H30Cl2FN5S. The Bertz CT molecular complexity index is 1290. The lowest BCUT2D eigenvalue weighted by atomic mass is 10.1. The zero-order valence-corrected chi connectivity index (χ0v) is 23.2. The summed E-state index contributed by atoms with van der Waals surface area (Å²) < 4.78 is 13.0. The molecule has 2 aromatic carbocycles. The van der Waals surface area contributed by atoms with E-state index in [0.29, 0.717) is 51.1 Å². The van der Waals surface area contributed by atoms with Crippen LogP contribution >= 0.6 is 34.5 Å². The summed E-state index contributed by atoms with van der Waals surface area (Å²) in [5.74, 6) is 2.19. The average molecular weight is 547 g/mol. The lowest BCUT2D eigenvalue weighted by molar-refractivity contribution is 0.485. The third kappa shape index (κ3) is 6.44. The Hall–Kier alpha value is -2.48. The Morgan fingerprint density at radius 3 is 2.14 bits per heavy atom. The molecule has 0 saturated heterocycles. The van der Waals surface area contributed by atoms with E-state index in [4.69, 9.17) is 38.2 Å². The fraction of sp³-hybridized carbons (Fsp3) is 0.370. The molecule has 2 aromatic heterocycles. The van der Waals surface area contributed by atoms with E-state index in [2.05, 4.69) is 37.9 Å². The molecule has 5 nitrogen and oxygen atoms in total. The van der Waals surface area contributed by atoms with E-state index in [1.807, 2.05) is 30.3 Å². The maximum Gasteiger partial charge on any atom is 0.228 e. The average Bonchev–Trinajstić information content (AvgIpc) is 3.24. The number of nitrogens with zero attached hydrogens (tertiary/aromatic N) is 4. The number of hydrogen-bond acceptors (Lipinski definition) is 6. The molecule has 0 aliphatic heterocycles. The highest BCUT2D eigenvalue weighted by Crippen LogP contribution is 2.34. The second-order valence-corrected chi connectivity index (χ2v) is 11.5. The normalized spacial score (nSPS) is 11.6. The summed E-state index contributed by atoms with van der Waals surface area (Å²) in [5, 5.41) is 5.46. The molecule has 4 rings (SSSR count). The second-order valence-electron chi connectivity index (χ2n) is 9.66. The molecule has 0 fully saturated rings. The van der Waals surface area contributed by atoms with Crippen molar-refractivity contribution < 1.29 is 4.39 Å². The zero-order valence-electron chi connectivity index (χ0n) is 20.9. The number of halogens is 3. The van der Waals surface area contributed by atoms with E-state index in [1.54, 1.807) is 12.1 Å². The Morgan fingerprint density at radius 1 is 0.917 bits per heavy atom. The van der Waals surface area contributed by atoms with Gasteiger partial charge in [-0.05, 0) is 47.2 Å². The summed E-state index contributed by atoms with van der Waals surface area (Å²) in [6.45, 7) is 9.95. The van der Waals surface area contributed by atoms with Crippen LogP contribution in [-0.2, 0) is 13.1 Å². The van der Waals surface area contributed by atoms with Crippen LogP contribution in [0.5, 0.6) is 0 Å². The number of benzene rings is 2. The summed E-state index contributed by atoms with van der Waals surface area (Å²) in [7, 11) is 0. The monoisotopic (exact) mass is 545 g/mol. The molecule has 0 bridgehead atoms. The first-order valence-corrected chi connectivity index (χ1v) is 13.6. The highest BCUT2D eigenvalue weighted by Gasteiger charge is 2.20. The van der Waals surface area contributed by atoms with Crippen LogP contribution in [0.2, 0.25) is 10.0 Å². The van der Waals surface area contributed by atoms with Gasteiger partial charge in [0.2, 0.25) is 5.95 Å². The van der Waals surface area contributed by atoms with Gasteiger partial charge in [-0.3, -0.25) is 0 Å². The zero-order chi connectivity index (χ0) is 25.8. The summed E-state index contributed by atoms with van der Waals surface area (Å²) in [5.41, 5.74) is 2.96. The fourth-order valence-corrected chi connectivity index (χ4v) is 5.42. The first-order chi connectivity index (χ1) is 17.2. The van der Waals surface area contributed by atoms with Crippen molar-refractivity contribution in [2.24, 2.45) is 11.8 Å². The van der Waals surface area contributed by atoms with Gasteiger partial charge in [0.05, 0.1) is 0 Å². The van der Waals surface area contributed by atoms with Gasteiger partial charge in [0, 0.05) is 35.2 Å². The molecule has 0 unspecified atom stereocenters. The van der Waals surface area contributed by atoms with E-state index >= 15 is 0 Å². The molecule has 9 heteroatoms. The van der Waals surface area contributed by atoms with Crippen LogP contribution in [0.1, 0.15) is 43.8 Å². The molecule has 4 aromatic rings. The highest BCUT2D eigenvalue weighted by molar-refractivity contribution is 7.18. The van der Waals surface area contributed by atoms with Crippen LogP contribution in [0.3, 0.4) is 0 Å². The predicted octanol–water partition coefficient (Wildman–Crippen LogP) is 8.32. The Balaban J connectivity index is 1.78. The van der Waals surface area contributed by atoms with Crippen molar-refractivity contribution in [1.82, 2.24) is 15.0 Å². The smallest absolute Gasteiger partial charge is 0.228 e. The van der Waals surface area contributed by atoms with Gasteiger partial charge in [-0.1, -0.05) is 80.4 Å². The molecule has 1 N–H and O–H groups in total. The van der Waals surface area contributed by atoms with Gasteiger partial charge in [-0.25, -0.2) is 9.37 Å². The lowest BCUT2D eigenvalue weighted by Crippen LogP contribution is -2.32. The fourth-order valence-electron chi connectivity index (χ4n) is 3.94. The Kier molecular flexibility index (Phi) is 8.65. The quantitative estimate of drug-likeness (QED) is 0.217. The summed E-state index contributed by atoms with van der Waals surface area (Å²) in [6, 6.07) is 12.7. The maximum absolute atomic E-state index is 13.0. The standard InChI is InChI=1S/C27H30Cl2FN5S/c1-16(2)14-35(15-17(3)4)27-33-25(31-19-10-8-18(13-30)9-11-19)24-26(34-27)36-23(32-24)12-20-21(28)6-5-7-22(20)29/h5-11,16-17H,12-15H2,1-4H3,(H,31,33,34). The van der Waals surface area contributed by atoms with Crippen LogP contribution in [0.4, 0.5) is 21.8 Å². The number of nitrogens with one attached hydrogen (secondary N) is 1. The van der Waals surface area contributed by atoms with Gasteiger partial charge < -0.3 is 10.2 Å². The maximum atomic E-state index is 13.0. The Morgan fingerprint density at radius 2 is 1.56 bits per heavy atom. The van der Waals surface area contributed by atoms with E-state index in [1.165, 1.54) is 11.3 Å². The van der Waals surface area contributed by atoms with E-state index in [-0.39, 0.29) is 0 Å². The minimum absolute atomic E-state index is 0.451. The van der Waals surface area contributed by atoms with Gasteiger partial charge in [-0.2, -0.15) is 9.97 Å². The van der Waals surface area contributed by atoms with E-state index in [0.717, 1.165) is 34.2 Å². The summed E-state index contributed by atoms with van der Waals surface area (Å²) in [6.07, 6.45) is 0.501. The molecule has 0 aliphatic carbocycles. The third-order valence-electron chi connectivity index (χ3n) is 5.51. The SMILES string of the molecule is CC(C)CN(CC(C)C)c1nc(Nc2ccc(CF)cc2)c2nc(Cc3c(Cl)cccc3Cl)sc2n1. The van der Waals surface area contributed by atoms with Crippen LogP contribution < -0.4 is 10.2 Å². The molecule has 0 aliphatic rings. The number of hydrogen-bond donors (Lipinski definition) is 1. The van der Waals surface area contributed by atoms with Crippen molar-refractivity contribution in [3.05, 3.63) is 68.6 Å². The van der Waals surface area contributed by atoms with Crippen molar-refractivity contribution in [3.8, 4) is 0 Å². The number of anilines is 3. The molecule has 0 atom stereocenters. The number of thiazole rings is 1. The van der Waals surface area contributed by atoms with Crippen LogP contribution in [0.25, 0.3) is 10.3 Å².